The van der Waals surface area contributed by atoms with Crippen LogP contribution in [0.1, 0.15) is 110 Å². The summed E-state index contributed by atoms with van der Waals surface area (Å²) in [6.45, 7) is 24.6. The van der Waals surface area contributed by atoms with Gasteiger partial charge in [0.25, 0.3) is 0 Å². The summed E-state index contributed by atoms with van der Waals surface area (Å²) in [5.74, 6) is -0.847. The summed E-state index contributed by atoms with van der Waals surface area (Å²) >= 11 is 0. The first-order chi connectivity index (χ1) is 27.3. The minimum atomic E-state index is -0.576. The molecule has 1 N–H and O–H groups in total. The first-order valence-corrected chi connectivity index (χ1v) is 20.4. The molecule has 59 heavy (non-hydrogen) atoms. The summed E-state index contributed by atoms with van der Waals surface area (Å²) < 4.78 is 28.3. The van der Waals surface area contributed by atoms with Gasteiger partial charge in [-0.05, 0) is 83.1 Å². The zero-order valence-electron chi connectivity index (χ0n) is 36.8. The molecule has 315 valence electrons. The number of aryl methyl sites for hydroxylation is 3. The summed E-state index contributed by atoms with van der Waals surface area (Å²) in [7, 11) is 0. The topological polar surface area (TPSA) is 63.1 Å². The van der Waals surface area contributed by atoms with E-state index in [0.29, 0.717) is 10.8 Å². The molecule has 0 amide bonds. The molecule has 0 saturated carbocycles. The standard InChI is InChI=1S/C22H16F2N.C15H16N.C15H28O2.Ir/c1-12-4-13(2)6-15(5-12)17-9-18-19(7-16(23)8-21(18)24)22-14(3)10-25-11-20(17)22;1-15(2,3)13-9-10-16-14(11-13)12-7-5-4-6-8-12;1-7-14(5,8-2)12(16)11-13(17)15(6,9-3)10-4;/h4-5,7-11H,1-3H3;4-7,9-11H,1-3H3;11,16H,7-10H2,1-6H3;/q2*-1;;/b;;12-11-;. The number of carbonyl (C=O) groups excluding carboxylic acids is 1. The van der Waals surface area contributed by atoms with E-state index < -0.39 is 11.6 Å². The van der Waals surface area contributed by atoms with Crippen molar-refractivity contribution in [2.24, 2.45) is 10.8 Å². The normalized spacial score (nSPS) is 11.9. The van der Waals surface area contributed by atoms with Crippen molar-refractivity contribution in [3.63, 3.8) is 0 Å². The monoisotopic (exact) mass is 975 g/mol. The molecular weight excluding hydrogens is 915 g/mol. The summed E-state index contributed by atoms with van der Waals surface area (Å²) in [6, 6.07) is 26.9. The van der Waals surface area contributed by atoms with Gasteiger partial charge < -0.3 is 10.1 Å². The Labute approximate surface area is 365 Å². The zero-order valence-corrected chi connectivity index (χ0v) is 39.2. The van der Waals surface area contributed by atoms with Gasteiger partial charge in [-0.3, -0.25) is 9.78 Å². The molecule has 4 nitrogen and oxygen atoms in total. The van der Waals surface area contributed by atoms with E-state index in [1.165, 1.54) is 17.7 Å². The van der Waals surface area contributed by atoms with Gasteiger partial charge in [-0.2, -0.15) is 0 Å². The number of hydrogen-bond acceptors (Lipinski definition) is 4. The van der Waals surface area contributed by atoms with Gasteiger partial charge in [0.05, 0.1) is 0 Å². The van der Waals surface area contributed by atoms with Crippen LogP contribution in [0, 0.1) is 55.4 Å². The predicted octanol–water partition coefficient (Wildman–Crippen LogP) is 14.6. The first kappa shape index (κ1) is 48.8. The van der Waals surface area contributed by atoms with Crippen molar-refractivity contribution in [2.45, 2.75) is 114 Å². The molecule has 2 aromatic heterocycles. The average Bonchev–Trinajstić information content (AvgIpc) is 3.20. The summed E-state index contributed by atoms with van der Waals surface area (Å²) in [5.41, 5.74) is 7.66. The first-order valence-electron chi connectivity index (χ1n) is 20.4. The van der Waals surface area contributed by atoms with Gasteiger partial charge in [0.1, 0.15) is 17.4 Å². The number of nitrogens with zero attached hydrogens (tertiary/aromatic N) is 2. The average molecular weight is 975 g/mol. The second kappa shape index (κ2) is 20.6. The maximum Gasteiger partial charge on any atom is 0.164 e. The van der Waals surface area contributed by atoms with Crippen LogP contribution in [-0.4, -0.2) is 20.9 Å². The van der Waals surface area contributed by atoms with Crippen molar-refractivity contribution in [3.8, 4) is 22.4 Å². The maximum atomic E-state index is 14.5. The number of aromatic nitrogens is 2. The van der Waals surface area contributed by atoms with E-state index in [1.54, 1.807) is 18.5 Å². The number of pyridine rings is 2. The third-order valence-electron chi connectivity index (χ3n) is 11.7. The predicted molar refractivity (Wildman–Crippen MR) is 238 cm³/mol. The Hall–Kier alpha value is -4.58. The molecule has 7 heteroatoms. The van der Waals surface area contributed by atoms with E-state index in [1.807, 2.05) is 105 Å². The number of rotatable bonds is 9. The van der Waals surface area contributed by atoms with Gasteiger partial charge in [0, 0.05) is 67.1 Å². The second-order valence-corrected chi connectivity index (χ2v) is 16.9. The molecule has 2 heterocycles. The zero-order chi connectivity index (χ0) is 43.0. The van der Waals surface area contributed by atoms with Crippen LogP contribution in [0.15, 0.2) is 97.2 Å². The van der Waals surface area contributed by atoms with E-state index >= 15 is 0 Å². The molecule has 6 rings (SSSR count). The fraction of sp³-hybridized carbons (Fsp3) is 0.365. The van der Waals surface area contributed by atoms with Crippen LogP contribution in [0.2, 0.25) is 0 Å². The molecule has 0 spiro atoms. The Balaban J connectivity index is 0.000000244. The Morgan fingerprint density at radius 1 is 0.780 bits per heavy atom. The van der Waals surface area contributed by atoms with Gasteiger partial charge in [-0.15, -0.1) is 70.8 Å². The number of carbonyl (C=O) groups is 1. The molecule has 0 fully saturated rings. The Morgan fingerprint density at radius 3 is 2.02 bits per heavy atom. The number of aliphatic hydroxyl groups is 1. The molecule has 0 saturated heterocycles. The minimum Gasteiger partial charge on any atom is -0.512 e. The fourth-order valence-electron chi connectivity index (χ4n) is 6.83. The number of aliphatic hydroxyl groups excluding tert-OH is 1. The van der Waals surface area contributed by atoms with Gasteiger partial charge in [0.2, 0.25) is 0 Å². The molecule has 4 aromatic carbocycles. The quantitative estimate of drug-likeness (QED) is 0.0679. The third kappa shape index (κ3) is 11.8. The molecule has 0 aliphatic heterocycles. The molecule has 0 bridgehead atoms. The van der Waals surface area contributed by atoms with Gasteiger partial charge in [-0.25, -0.2) is 8.78 Å². The van der Waals surface area contributed by atoms with Gasteiger partial charge in [0.15, 0.2) is 5.78 Å². The van der Waals surface area contributed by atoms with Gasteiger partial charge >= 0.3 is 0 Å². The van der Waals surface area contributed by atoms with E-state index in [2.05, 4.69) is 55.0 Å². The maximum absolute atomic E-state index is 14.5. The Bertz CT molecular complexity index is 2370. The van der Waals surface area contributed by atoms with Crippen molar-refractivity contribution in [3.05, 3.63) is 143 Å². The van der Waals surface area contributed by atoms with Crippen LogP contribution < -0.4 is 0 Å². The number of benzene rings is 4. The van der Waals surface area contributed by atoms with Crippen LogP contribution >= 0.6 is 0 Å². The SMILES string of the molecule is CC(C)(C)c1ccnc(-c2[c-]cccc2)c1.CCC(C)(CC)C(=O)/C=C(\O)C(C)(CC)CC.Cc1[c-]c(-c2cc3c(F)cc(F)cc3c3c(C)cncc23)cc(C)c1.[Ir]. The molecular formula is C52H60F2IrN2O2-2. The minimum absolute atomic E-state index is 0. The van der Waals surface area contributed by atoms with Crippen molar-refractivity contribution in [1.29, 1.82) is 0 Å². The van der Waals surface area contributed by atoms with Crippen LogP contribution in [0.4, 0.5) is 8.78 Å². The summed E-state index contributed by atoms with van der Waals surface area (Å²) in [5, 5.41) is 12.8. The number of allylic oxidation sites excluding steroid dienone is 2. The van der Waals surface area contributed by atoms with Crippen LogP contribution in [0.5, 0.6) is 0 Å². The van der Waals surface area contributed by atoms with Crippen LogP contribution in [0.25, 0.3) is 43.9 Å². The summed E-state index contributed by atoms with van der Waals surface area (Å²) in [6.07, 6.45) is 10.1. The smallest absolute Gasteiger partial charge is 0.164 e. The number of hydrogen-bond donors (Lipinski definition) is 1. The van der Waals surface area contributed by atoms with Gasteiger partial charge in [-0.1, -0.05) is 93.9 Å². The fourth-order valence-corrected chi connectivity index (χ4v) is 6.83. The van der Waals surface area contributed by atoms with Crippen molar-refractivity contribution in [1.82, 2.24) is 9.97 Å². The van der Waals surface area contributed by atoms with Crippen LogP contribution in [0.3, 0.4) is 0 Å². The van der Waals surface area contributed by atoms with E-state index in [9.17, 15) is 18.7 Å². The molecule has 0 aliphatic rings. The van der Waals surface area contributed by atoms with Crippen molar-refractivity contribution < 1.29 is 38.8 Å². The molecule has 0 unspecified atom stereocenters. The van der Waals surface area contributed by atoms with Crippen molar-refractivity contribution in [2.75, 3.05) is 0 Å². The Kier molecular flexibility index (Phi) is 17.0. The molecule has 0 atom stereocenters. The number of halogens is 2. The largest absolute Gasteiger partial charge is 0.512 e. The summed E-state index contributed by atoms with van der Waals surface area (Å²) in [4.78, 5) is 20.9. The molecule has 1 radical (unpaired) electrons. The Morgan fingerprint density at radius 2 is 1.44 bits per heavy atom. The molecule has 0 aliphatic carbocycles. The second-order valence-electron chi connectivity index (χ2n) is 16.9. The van der Waals surface area contributed by atoms with E-state index in [4.69, 9.17) is 0 Å². The van der Waals surface area contributed by atoms with Crippen molar-refractivity contribution >= 4 is 27.3 Å². The van der Waals surface area contributed by atoms with Crippen LogP contribution in [-0.2, 0) is 30.3 Å². The van der Waals surface area contributed by atoms with E-state index in [-0.39, 0.29) is 47.9 Å². The molecule has 6 aromatic rings. The van der Waals surface area contributed by atoms with E-state index in [0.717, 1.165) is 81.6 Å². The number of fused-ring (bicyclic) bond motifs is 3. The third-order valence-corrected chi connectivity index (χ3v) is 11.7. The number of ketones is 1.